The monoisotopic (exact) mass is 521 g/mol. The average Bonchev–Trinajstić information content (AvgIpc) is 3.32. The van der Waals surface area contributed by atoms with E-state index in [1.54, 1.807) is 23.1 Å². The van der Waals surface area contributed by atoms with Gasteiger partial charge < -0.3 is 4.74 Å². The largest absolute Gasteiger partial charge is 0.379 e. The van der Waals surface area contributed by atoms with Crippen molar-refractivity contribution in [3.63, 3.8) is 0 Å². The van der Waals surface area contributed by atoms with Gasteiger partial charge in [0.05, 0.1) is 28.3 Å². The molecule has 5 rings (SSSR count). The fourth-order valence-electron chi connectivity index (χ4n) is 4.18. The molecule has 0 spiro atoms. The number of fused-ring (bicyclic) bond motifs is 1. The summed E-state index contributed by atoms with van der Waals surface area (Å²) >= 11 is 1.33. The molecule has 0 bridgehead atoms. The van der Waals surface area contributed by atoms with E-state index in [1.165, 1.54) is 17.6 Å². The van der Waals surface area contributed by atoms with E-state index in [1.807, 2.05) is 54.6 Å². The minimum atomic E-state index is -3.34. The van der Waals surface area contributed by atoms with Gasteiger partial charge in [-0.15, -0.1) is 0 Å². The second-order valence-electron chi connectivity index (χ2n) is 8.75. The molecule has 1 saturated heterocycles. The highest BCUT2D eigenvalue weighted by molar-refractivity contribution is 7.90. The van der Waals surface area contributed by atoms with Gasteiger partial charge in [-0.2, -0.15) is 0 Å². The maximum absolute atomic E-state index is 13.7. The summed E-state index contributed by atoms with van der Waals surface area (Å²) in [6.07, 6.45) is 1.19. The van der Waals surface area contributed by atoms with E-state index in [-0.39, 0.29) is 10.8 Å². The molecule has 3 aromatic carbocycles. The number of aromatic nitrogens is 1. The molecule has 1 fully saturated rings. The SMILES string of the molecule is CS(=O)(=O)c1ccc2nc(N(CCN3CCOCC3)C(=O)c3ccc(-c4ccccc4)cc3)sc2c1. The van der Waals surface area contributed by atoms with E-state index in [0.29, 0.717) is 42.5 Å². The third-order valence-electron chi connectivity index (χ3n) is 6.24. The van der Waals surface area contributed by atoms with E-state index in [2.05, 4.69) is 4.90 Å². The van der Waals surface area contributed by atoms with Crippen molar-refractivity contribution in [3.05, 3.63) is 78.4 Å². The predicted octanol–water partition coefficient (Wildman–Crippen LogP) is 4.35. The molecule has 1 aliphatic heterocycles. The van der Waals surface area contributed by atoms with Crippen molar-refractivity contribution in [2.45, 2.75) is 4.90 Å². The molecule has 0 saturated carbocycles. The van der Waals surface area contributed by atoms with Gasteiger partial charge in [-0.3, -0.25) is 14.6 Å². The number of ether oxygens (including phenoxy) is 1. The summed E-state index contributed by atoms with van der Waals surface area (Å²) < 4.78 is 30.2. The number of thiazole rings is 1. The van der Waals surface area contributed by atoms with Crippen LogP contribution in [0.3, 0.4) is 0 Å². The summed E-state index contributed by atoms with van der Waals surface area (Å²) in [7, 11) is -3.34. The van der Waals surface area contributed by atoms with Crippen molar-refractivity contribution in [3.8, 4) is 11.1 Å². The number of morpholine rings is 1. The molecule has 1 amide bonds. The topological polar surface area (TPSA) is 79.8 Å². The molecule has 1 aromatic heterocycles. The van der Waals surface area contributed by atoms with Gasteiger partial charge in [0.25, 0.3) is 5.91 Å². The second-order valence-corrected chi connectivity index (χ2v) is 11.8. The van der Waals surface area contributed by atoms with Crippen LogP contribution in [0.15, 0.2) is 77.7 Å². The standard InChI is InChI=1S/C27H27N3O4S2/c1-36(32,33)23-11-12-24-25(19-23)35-27(28-24)30(14-13-29-15-17-34-18-16-29)26(31)22-9-7-21(8-10-22)20-5-3-2-4-6-20/h2-12,19H,13-18H2,1H3. The number of anilines is 1. The predicted molar refractivity (Wildman–Crippen MR) is 144 cm³/mol. The molecule has 1 aliphatic rings. The number of hydrogen-bond acceptors (Lipinski definition) is 7. The Bertz CT molecular complexity index is 1460. The van der Waals surface area contributed by atoms with Crippen molar-refractivity contribution < 1.29 is 17.9 Å². The fraction of sp³-hybridized carbons (Fsp3) is 0.259. The van der Waals surface area contributed by atoms with Gasteiger partial charge in [-0.05, 0) is 41.5 Å². The molecule has 2 heterocycles. The first-order valence-electron chi connectivity index (χ1n) is 11.8. The van der Waals surface area contributed by atoms with Crippen molar-refractivity contribution in [1.29, 1.82) is 0 Å². The Balaban J connectivity index is 1.45. The lowest BCUT2D eigenvalue weighted by atomic mass is 10.0. The Labute approximate surface area is 214 Å². The quantitative estimate of drug-likeness (QED) is 0.360. The summed E-state index contributed by atoms with van der Waals surface area (Å²) in [5.41, 5.74) is 3.38. The van der Waals surface area contributed by atoms with Gasteiger partial charge in [0.2, 0.25) is 0 Å². The highest BCUT2D eigenvalue weighted by atomic mass is 32.2. The van der Waals surface area contributed by atoms with Crippen LogP contribution in [0.5, 0.6) is 0 Å². The maximum atomic E-state index is 13.7. The molecular weight excluding hydrogens is 494 g/mol. The molecule has 4 aromatic rings. The zero-order valence-electron chi connectivity index (χ0n) is 20.0. The summed E-state index contributed by atoms with van der Waals surface area (Å²) in [5, 5.41) is 0.557. The number of sulfone groups is 1. The van der Waals surface area contributed by atoms with Crippen LogP contribution >= 0.6 is 11.3 Å². The first kappa shape index (κ1) is 24.6. The van der Waals surface area contributed by atoms with Crippen molar-refractivity contribution in [2.24, 2.45) is 0 Å². The third-order valence-corrected chi connectivity index (χ3v) is 8.39. The van der Waals surface area contributed by atoms with E-state index in [9.17, 15) is 13.2 Å². The minimum absolute atomic E-state index is 0.134. The lowest BCUT2D eigenvalue weighted by molar-refractivity contribution is 0.0391. The van der Waals surface area contributed by atoms with Gasteiger partial charge in [-0.1, -0.05) is 53.8 Å². The van der Waals surface area contributed by atoms with Crippen molar-refractivity contribution in [1.82, 2.24) is 9.88 Å². The number of benzene rings is 3. The summed E-state index contributed by atoms with van der Waals surface area (Å²) in [6.45, 7) is 4.19. The molecule has 0 atom stereocenters. The van der Waals surface area contributed by atoms with Gasteiger partial charge in [-0.25, -0.2) is 13.4 Å². The van der Waals surface area contributed by atoms with E-state index in [4.69, 9.17) is 9.72 Å². The van der Waals surface area contributed by atoms with Gasteiger partial charge in [0.1, 0.15) is 0 Å². The molecule has 0 unspecified atom stereocenters. The molecule has 9 heteroatoms. The summed E-state index contributed by atoms with van der Waals surface area (Å²) in [6, 6.07) is 22.5. The summed E-state index contributed by atoms with van der Waals surface area (Å²) in [5.74, 6) is -0.134. The fourth-order valence-corrected chi connectivity index (χ4v) is 5.93. The minimum Gasteiger partial charge on any atom is -0.379 e. The van der Waals surface area contributed by atoms with Crippen molar-refractivity contribution >= 4 is 42.4 Å². The normalized spacial score (nSPS) is 14.7. The zero-order valence-corrected chi connectivity index (χ0v) is 21.6. The number of rotatable bonds is 7. The number of nitrogens with zero attached hydrogens (tertiary/aromatic N) is 3. The number of amides is 1. The van der Waals surface area contributed by atoms with E-state index >= 15 is 0 Å². The molecule has 7 nitrogen and oxygen atoms in total. The van der Waals surface area contributed by atoms with Crippen LogP contribution in [0.2, 0.25) is 0 Å². The first-order valence-corrected chi connectivity index (χ1v) is 14.5. The number of carbonyl (C=O) groups excluding carboxylic acids is 1. The zero-order chi connectivity index (χ0) is 25.1. The van der Waals surface area contributed by atoms with E-state index < -0.39 is 9.84 Å². The Kier molecular flexibility index (Phi) is 7.15. The molecule has 36 heavy (non-hydrogen) atoms. The lowest BCUT2D eigenvalue weighted by Crippen LogP contribution is -2.43. The molecular formula is C27H27N3O4S2. The van der Waals surface area contributed by atoms with Gasteiger partial charge in [0, 0.05) is 38.0 Å². The lowest BCUT2D eigenvalue weighted by Gasteiger charge is -2.29. The Morgan fingerprint density at radius 2 is 1.69 bits per heavy atom. The van der Waals surface area contributed by atoms with Crippen LogP contribution in [0.4, 0.5) is 5.13 Å². The Morgan fingerprint density at radius 3 is 2.39 bits per heavy atom. The van der Waals surface area contributed by atoms with E-state index in [0.717, 1.165) is 28.9 Å². The summed E-state index contributed by atoms with van der Waals surface area (Å²) in [4.78, 5) is 22.6. The average molecular weight is 522 g/mol. The van der Waals surface area contributed by atoms with Gasteiger partial charge in [0.15, 0.2) is 15.0 Å². The molecule has 0 aliphatic carbocycles. The Morgan fingerprint density at radius 1 is 1.00 bits per heavy atom. The smallest absolute Gasteiger partial charge is 0.260 e. The van der Waals surface area contributed by atoms with Crippen LogP contribution in [0.1, 0.15) is 10.4 Å². The van der Waals surface area contributed by atoms with Crippen molar-refractivity contribution in [2.75, 3.05) is 50.5 Å². The second kappa shape index (κ2) is 10.5. The van der Waals surface area contributed by atoms with Crippen LogP contribution in [-0.4, -0.2) is 69.9 Å². The van der Waals surface area contributed by atoms with Crippen LogP contribution in [0, 0.1) is 0 Å². The van der Waals surface area contributed by atoms with Crippen LogP contribution < -0.4 is 4.90 Å². The van der Waals surface area contributed by atoms with Gasteiger partial charge >= 0.3 is 0 Å². The highest BCUT2D eigenvalue weighted by Crippen LogP contribution is 2.32. The third kappa shape index (κ3) is 5.49. The first-order chi connectivity index (χ1) is 17.4. The molecule has 0 radical (unpaired) electrons. The molecule has 186 valence electrons. The van der Waals surface area contributed by atoms with Crippen LogP contribution in [-0.2, 0) is 14.6 Å². The maximum Gasteiger partial charge on any atom is 0.260 e. The Hall–Kier alpha value is -3.11. The van der Waals surface area contributed by atoms with Crippen LogP contribution in [0.25, 0.3) is 21.3 Å². The highest BCUT2D eigenvalue weighted by Gasteiger charge is 2.23. The number of hydrogen-bond donors (Lipinski definition) is 0. The number of carbonyl (C=O) groups is 1. The molecule has 0 N–H and O–H groups in total.